The van der Waals surface area contributed by atoms with Crippen LogP contribution in [0, 0.1) is 10.1 Å². The van der Waals surface area contributed by atoms with E-state index in [0.717, 1.165) is 0 Å². The number of nitrogens with zero attached hydrogens (tertiary/aromatic N) is 2. The number of hydrazone groups is 1. The van der Waals surface area contributed by atoms with Gasteiger partial charge in [0.05, 0.1) is 18.2 Å². The number of aromatic hydroxyl groups is 1. The standard InChI is InChI=1S/C14H13N3O4/c1-21-14-7-6-10(8-13(14)18)9-15-16-11-4-2-3-5-12(11)17(19)20/h2-9,16,18H,1H3. The van der Waals surface area contributed by atoms with Crippen LogP contribution in [0.5, 0.6) is 11.5 Å². The Morgan fingerprint density at radius 1 is 1.33 bits per heavy atom. The summed E-state index contributed by atoms with van der Waals surface area (Å²) in [7, 11) is 1.46. The Labute approximate surface area is 120 Å². The number of hydrogen-bond acceptors (Lipinski definition) is 6. The van der Waals surface area contributed by atoms with Gasteiger partial charge in [-0.1, -0.05) is 12.1 Å². The number of para-hydroxylation sites is 2. The molecule has 0 radical (unpaired) electrons. The molecule has 0 aromatic heterocycles. The van der Waals surface area contributed by atoms with Crippen LogP contribution in [0.1, 0.15) is 5.56 Å². The molecule has 0 aliphatic heterocycles. The van der Waals surface area contributed by atoms with E-state index in [1.807, 2.05) is 0 Å². The average molecular weight is 287 g/mol. The number of ether oxygens (including phenoxy) is 1. The Morgan fingerprint density at radius 3 is 2.76 bits per heavy atom. The normalized spacial score (nSPS) is 10.5. The third kappa shape index (κ3) is 3.47. The summed E-state index contributed by atoms with van der Waals surface area (Å²) in [6.07, 6.45) is 1.44. The van der Waals surface area contributed by atoms with Gasteiger partial charge in [0.2, 0.25) is 0 Å². The summed E-state index contributed by atoms with van der Waals surface area (Å²) in [5.41, 5.74) is 3.46. The zero-order valence-corrected chi connectivity index (χ0v) is 11.2. The van der Waals surface area contributed by atoms with Crippen LogP contribution in [-0.4, -0.2) is 23.4 Å². The lowest BCUT2D eigenvalue weighted by Crippen LogP contribution is -1.96. The van der Waals surface area contributed by atoms with Crippen molar-refractivity contribution < 1.29 is 14.8 Å². The van der Waals surface area contributed by atoms with Gasteiger partial charge in [-0.3, -0.25) is 15.5 Å². The maximum atomic E-state index is 10.8. The Morgan fingerprint density at radius 2 is 2.10 bits per heavy atom. The quantitative estimate of drug-likeness (QED) is 0.500. The van der Waals surface area contributed by atoms with Crippen molar-refractivity contribution in [2.75, 3.05) is 12.5 Å². The Balaban J connectivity index is 2.13. The second-order valence-corrected chi connectivity index (χ2v) is 4.08. The van der Waals surface area contributed by atoms with Crippen LogP contribution in [0.3, 0.4) is 0 Å². The van der Waals surface area contributed by atoms with Crippen molar-refractivity contribution in [2.45, 2.75) is 0 Å². The molecule has 0 fully saturated rings. The number of nitro groups is 1. The van der Waals surface area contributed by atoms with E-state index in [9.17, 15) is 15.2 Å². The summed E-state index contributed by atoms with van der Waals surface area (Å²) in [6.45, 7) is 0. The predicted molar refractivity (Wildman–Crippen MR) is 79.0 cm³/mol. The topological polar surface area (TPSA) is 97.0 Å². The molecule has 108 valence electrons. The Bertz CT molecular complexity index is 686. The van der Waals surface area contributed by atoms with Gasteiger partial charge in [0.15, 0.2) is 11.5 Å². The molecule has 0 aliphatic rings. The molecule has 2 aromatic carbocycles. The van der Waals surface area contributed by atoms with Crippen molar-refractivity contribution in [1.29, 1.82) is 0 Å². The highest BCUT2D eigenvalue weighted by Crippen LogP contribution is 2.26. The summed E-state index contributed by atoms with van der Waals surface area (Å²) in [5, 5.41) is 24.4. The number of nitrogens with one attached hydrogen (secondary N) is 1. The third-order valence-corrected chi connectivity index (χ3v) is 2.70. The molecule has 0 amide bonds. The summed E-state index contributed by atoms with van der Waals surface area (Å²) < 4.78 is 4.93. The molecule has 0 unspecified atom stereocenters. The second-order valence-electron chi connectivity index (χ2n) is 4.08. The Hall–Kier alpha value is -3.09. The minimum Gasteiger partial charge on any atom is -0.504 e. The number of phenols is 1. The fourth-order valence-corrected chi connectivity index (χ4v) is 1.69. The number of rotatable bonds is 5. The molecule has 0 atom stereocenters. The van der Waals surface area contributed by atoms with Gasteiger partial charge in [-0.15, -0.1) is 0 Å². The SMILES string of the molecule is COc1ccc(C=NNc2ccccc2[N+](=O)[O-])cc1O. The molecule has 0 heterocycles. The zero-order valence-electron chi connectivity index (χ0n) is 11.2. The van der Waals surface area contributed by atoms with Crippen LogP contribution in [0.25, 0.3) is 0 Å². The van der Waals surface area contributed by atoms with Crippen LogP contribution < -0.4 is 10.2 Å². The lowest BCUT2D eigenvalue weighted by molar-refractivity contribution is -0.384. The molecule has 0 spiro atoms. The molecule has 0 bridgehead atoms. The first-order chi connectivity index (χ1) is 10.1. The van der Waals surface area contributed by atoms with Crippen LogP contribution in [0.15, 0.2) is 47.6 Å². The molecule has 7 nitrogen and oxygen atoms in total. The molecule has 2 rings (SSSR count). The summed E-state index contributed by atoms with van der Waals surface area (Å²) in [4.78, 5) is 10.3. The van der Waals surface area contributed by atoms with Gasteiger partial charge in [-0.2, -0.15) is 5.10 Å². The Kier molecular flexibility index (Phi) is 4.35. The van der Waals surface area contributed by atoms with E-state index < -0.39 is 4.92 Å². The molecule has 21 heavy (non-hydrogen) atoms. The van der Waals surface area contributed by atoms with Crippen molar-refractivity contribution in [2.24, 2.45) is 5.10 Å². The van der Waals surface area contributed by atoms with Crippen molar-refractivity contribution in [3.8, 4) is 11.5 Å². The van der Waals surface area contributed by atoms with Gasteiger partial charge < -0.3 is 9.84 Å². The number of benzene rings is 2. The average Bonchev–Trinajstić information content (AvgIpc) is 2.48. The van der Waals surface area contributed by atoms with Crippen LogP contribution >= 0.6 is 0 Å². The minimum atomic E-state index is -0.489. The van der Waals surface area contributed by atoms with Crippen molar-refractivity contribution in [3.63, 3.8) is 0 Å². The zero-order chi connectivity index (χ0) is 15.2. The second kappa shape index (κ2) is 6.38. The van der Waals surface area contributed by atoms with E-state index >= 15 is 0 Å². The van der Waals surface area contributed by atoms with Gasteiger partial charge in [0.1, 0.15) is 5.69 Å². The van der Waals surface area contributed by atoms with Gasteiger partial charge in [0.25, 0.3) is 5.69 Å². The van der Waals surface area contributed by atoms with Gasteiger partial charge in [-0.25, -0.2) is 0 Å². The third-order valence-electron chi connectivity index (χ3n) is 2.70. The van der Waals surface area contributed by atoms with E-state index in [4.69, 9.17) is 4.74 Å². The molecular weight excluding hydrogens is 274 g/mol. The van der Waals surface area contributed by atoms with E-state index in [2.05, 4.69) is 10.5 Å². The molecule has 7 heteroatoms. The number of phenolic OH excluding ortho intramolecular Hbond substituents is 1. The van der Waals surface area contributed by atoms with Crippen LogP contribution in [-0.2, 0) is 0 Å². The van der Waals surface area contributed by atoms with Gasteiger partial charge >= 0.3 is 0 Å². The molecule has 2 aromatic rings. The van der Waals surface area contributed by atoms with Crippen molar-refractivity contribution in [1.82, 2.24) is 0 Å². The molecule has 0 saturated carbocycles. The molecule has 2 N–H and O–H groups in total. The predicted octanol–water partition coefficient (Wildman–Crippen LogP) is 2.76. The number of anilines is 1. The van der Waals surface area contributed by atoms with Crippen LogP contribution in [0.2, 0.25) is 0 Å². The minimum absolute atomic E-state index is 0.00728. The maximum absolute atomic E-state index is 10.8. The van der Waals surface area contributed by atoms with Gasteiger partial charge in [0, 0.05) is 6.07 Å². The number of nitro benzene ring substituents is 1. The van der Waals surface area contributed by atoms with E-state index in [-0.39, 0.29) is 17.1 Å². The first-order valence-electron chi connectivity index (χ1n) is 6.01. The smallest absolute Gasteiger partial charge is 0.294 e. The monoisotopic (exact) mass is 287 g/mol. The van der Waals surface area contributed by atoms with Crippen LogP contribution in [0.4, 0.5) is 11.4 Å². The fourth-order valence-electron chi connectivity index (χ4n) is 1.69. The first kappa shape index (κ1) is 14.3. The summed E-state index contributed by atoms with van der Waals surface area (Å²) in [6, 6.07) is 11.0. The van der Waals surface area contributed by atoms with E-state index in [0.29, 0.717) is 11.3 Å². The van der Waals surface area contributed by atoms with Crippen molar-refractivity contribution >= 4 is 17.6 Å². The largest absolute Gasteiger partial charge is 0.504 e. The lowest BCUT2D eigenvalue weighted by Gasteiger charge is -2.03. The van der Waals surface area contributed by atoms with Gasteiger partial charge in [-0.05, 0) is 29.8 Å². The highest BCUT2D eigenvalue weighted by molar-refractivity contribution is 5.81. The van der Waals surface area contributed by atoms with Crippen molar-refractivity contribution in [3.05, 3.63) is 58.1 Å². The molecular formula is C14H13N3O4. The fraction of sp³-hybridized carbons (Fsp3) is 0.0714. The number of methoxy groups -OCH3 is 1. The van der Waals surface area contributed by atoms with E-state index in [1.165, 1.54) is 25.5 Å². The molecule has 0 aliphatic carbocycles. The first-order valence-corrected chi connectivity index (χ1v) is 6.01. The highest BCUT2D eigenvalue weighted by atomic mass is 16.6. The summed E-state index contributed by atoms with van der Waals surface area (Å²) >= 11 is 0. The lowest BCUT2D eigenvalue weighted by atomic mass is 10.2. The van der Waals surface area contributed by atoms with E-state index in [1.54, 1.807) is 30.3 Å². The number of hydrogen-bond donors (Lipinski definition) is 2. The summed E-state index contributed by atoms with van der Waals surface area (Å²) in [5.74, 6) is 0.353. The highest BCUT2D eigenvalue weighted by Gasteiger charge is 2.10. The maximum Gasteiger partial charge on any atom is 0.294 e. The molecule has 0 saturated heterocycles.